The molecule has 0 amide bonds. The molecule has 30 heavy (non-hydrogen) atoms. The molecule has 0 fully saturated rings. The number of nitrogens with zero attached hydrogens (tertiary/aromatic N) is 1. The highest BCUT2D eigenvalue weighted by atomic mass is 19.1. The van der Waals surface area contributed by atoms with E-state index in [0.717, 1.165) is 27.5 Å². The van der Waals surface area contributed by atoms with Gasteiger partial charge in [0.2, 0.25) is 0 Å². The summed E-state index contributed by atoms with van der Waals surface area (Å²) in [6.07, 6.45) is 0. The summed E-state index contributed by atoms with van der Waals surface area (Å²) >= 11 is 0. The predicted molar refractivity (Wildman–Crippen MR) is 122 cm³/mol. The molecule has 0 aliphatic rings. The Morgan fingerprint density at radius 2 is 1.20 bits per heavy atom. The molecule has 0 aliphatic carbocycles. The van der Waals surface area contributed by atoms with E-state index in [2.05, 4.69) is 0 Å². The largest absolute Gasteiger partial charge is 0.396 e. The van der Waals surface area contributed by atoms with Crippen LogP contribution in [-0.2, 0) is 0 Å². The SMILES string of the molecule is Nc1c(-c2ccccc2)nc(-c2cccc3ccccc23)c(F)c1-c1ccccc1. The first kappa shape index (κ1) is 18.1. The average Bonchev–Trinajstić information content (AvgIpc) is 2.80. The Morgan fingerprint density at radius 1 is 0.600 bits per heavy atom. The molecule has 3 heteroatoms. The number of hydrogen-bond acceptors (Lipinski definition) is 2. The van der Waals surface area contributed by atoms with Crippen LogP contribution in [0.3, 0.4) is 0 Å². The van der Waals surface area contributed by atoms with E-state index in [1.807, 2.05) is 103 Å². The van der Waals surface area contributed by atoms with E-state index in [1.54, 1.807) is 0 Å². The number of benzene rings is 4. The fraction of sp³-hybridized carbons (Fsp3) is 0. The normalized spacial score (nSPS) is 11.0. The zero-order valence-electron chi connectivity index (χ0n) is 16.2. The van der Waals surface area contributed by atoms with Gasteiger partial charge in [0.1, 0.15) is 5.69 Å². The van der Waals surface area contributed by atoms with E-state index in [9.17, 15) is 0 Å². The molecule has 2 nitrogen and oxygen atoms in total. The van der Waals surface area contributed by atoms with Crippen molar-refractivity contribution >= 4 is 16.5 Å². The van der Waals surface area contributed by atoms with Crippen LogP contribution in [0.2, 0.25) is 0 Å². The lowest BCUT2D eigenvalue weighted by Crippen LogP contribution is -2.04. The van der Waals surface area contributed by atoms with Gasteiger partial charge >= 0.3 is 0 Å². The van der Waals surface area contributed by atoms with E-state index in [4.69, 9.17) is 10.7 Å². The molecule has 0 bridgehead atoms. The van der Waals surface area contributed by atoms with E-state index < -0.39 is 5.82 Å². The third kappa shape index (κ3) is 3.01. The minimum Gasteiger partial charge on any atom is -0.396 e. The summed E-state index contributed by atoms with van der Waals surface area (Å²) in [7, 11) is 0. The standard InChI is InChI=1S/C27H19FN2/c28-24-23(19-11-3-1-4-12-19)25(29)26(20-13-5-2-6-14-20)30-27(24)22-17-9-15-18-10-7-8-16-21(18)22/h1-17H,29H2. The van der Waals surface area contributed by atoms with Crippen molar-refractivity contribution < 1.29 is 4.39 Å². The third-order valence-electron chi connectivity index (χ3n) is 5.33. The number of pyridine rings is 1. The second-order valence-corrected chi connectivity index (χ2v) is 7.17. The highest BCUT2D eigenvalue weighted by Gasteiger charge is 2.22. The molecule has 0 unspecified atom stereocenters. The van der Waals surface area contributed by atoms with Crippen molar-refractivity contribution in [1.82, 2.24) is 4.98 Å². The van der Waals surface area contributed by atoms with Gasteiger partial charge in [-0.1, -0.05) is 103 Å². The molecular formula is C27H19FN2. The number of nitrogen functional groups attached to an aromatic ring is 1. The van der Waals surface area contributed by atoms with Crippen molar-refractivity contribution in [2.45, 2.75) is 0 Å². The molecule has 0 radical (unpaired) electrons. The molecule has 0 saturated carbocycles. The predicted octanol–water partition coefficient (Wildman–Crippen LogP) is 6.96. The van der Waals surface area contributed by atoms with Crippen LogP contribution in [-0.4, -0.2) is 4.98 Å². The van der Waals surface area contributed by atoms with Gasteiger partial charge in [-0.05, 0) is 16.3 Å². The summed E-state index contributed by atoms with van der Waals surface area (Å²) in [4.78, 5) is 4.75. The van der Waals surface area contributed by atoms with Crippen molar-refractivity contribution in [2.75, 3.05) is 5.73 Å². The van der Waals surface area contributed by atoms with Gasteiger partial charge in [0.25, 0.3) is 0 Å². The highest BCUT2D eigenvalue weighted by molar-refractivity contribution is 5.98. The van der Waals surface area contributed by atoms with Gasteiger partial charge in [-0.3, -0.25) is 0 Å². The molecule has 4 aromatic carbocycles. The quantitative estimate of drug-likeness (QED) is 0.362. The number of aromatic nitrogens is 1. The molecular weight excluding hydrogens is 371 g/mol. The van der Waals surface area contributed by atoms with E-state index in [0.29, 0.717) is 22.6 Å². The lowest BCUT2D eigenvalue weighted by Gasteiger charge is -2.17. The second kappa shape index (κ2) is 7.45. The van der Waals surface area contributed by atoms with Gasteiger partial charge in [0.15, 0.2) is 5.82 Å². The van der Waals surface area contributed by atoms with E-state index in [1.165, 1.54) is 0 Å². The van der Waals surface area contributed by atoms with Crippen molar-refractivity contribution in [3.05, 3.63) is 109 Å². The summed E-state index contributed by atoms with van der Waals surface area (Å²) in [6.45, 7) is 0. The number of halogens is 1. The van der Waals surface area contributed by atoms with E-state index >= 15 is 4.39 Å². The van der Waals surface area contributed by atoms with Crippen molar-refractivity contribution in [1.29, 1.82) is 0 Å². The Labute approximate surface area is 174 Å². The summed E-state index contributed by atoms with van der Waals surface area (Å²) < 4.78 is 16.0. The molecule has 5 aromatic rings. The molecule has 0 spiro atoms. The van der Waals surface area contributed by atoms with E-state index in [-0.39, 0.29) is 0 Å². The molecule has 2 N–H and O–H groups in total. The number of anilines is 1. The van der Waals surface area contributed by atoms with Gasteiger partial charge in [-0.2, -0.15) is 0 Å². The summed E-state index contributed by atoms with van der Waals surface area (Å²) in [5, 5.41) is 1.99. The first-order valence-electron chi connectivity index (χ1n) is 9.82. The first-order chi connectivity index (χ1) is 14.7. The number of hydrogen-bond donors (Lipinski definition) is 1. The maximum atomic E-state index is 16.0. The van der Waals surface area contributed by atoms with Crippen LogP contribution >= 0.6 is 0 Å². The van der Waals surface area contributed by atoms with Crippen LogP contribution in [0.5, 0.6) is 0 Å². The second-order valence-electron chi connectivity index (χ2n) is 7.17. The van der Waals surface area contributed by atoms with Crippen molar-refractivity contribution in [3.8, 4) is 33.6 Å². The maximum absolute atomic E-state index is 16.0. The van der Waals surface area contributed by atoms with Crippen LogP contribution in [0.25, 0.3) is 44.4 Å². The summed E-state index contributed by atoms with van der Waals surface area (Å²) in [5.41, 5.74) is 10.5. The maximum Gasteiger partial charge on any atom is 0.159 e. The molecule has 144 valence electrons. The van der Waals surface area contributed by atoms with Crippen LogP contribution < -0.4 is 5.73 Å². The minimum atomic E-state index is -0.408. The van der Waals surface area contributed by atoms with Gasteiger partial charge in [0, 0.05) is 16.7 Å². The van der Waals surface area contributed by atoms with Crippen LogP contribution in [0.4, 0.5) is 10.1 Å². The zero-order chi connectivity index (χ0) is 20.5. The Morgan fingerprint density at radius 3 is 1.93 bits per heavy atom. The summed E-state index contributed by atoms with van der Waals surface area (Å²) in [6, 6.07) is 32.9. The molecule has 5 rings (SSSR count). The monoisotopic (exact) mass is 390 g/mol. The van der Waals surface area contributed by atoms with Crippen molar-refractivity contribution in [3.63, 3.8) is 0 Å². The smallest absolute Gasteiger partial charge is 0.159 e. The van der Waals surface area contributed by atoms with Crippen molar-refractivity contribution in [2.24, 2.45) is 0 Å². The Hall–Kier alpha value is -3.98. The average molecular weight is 390 g/mol. The fourth-order valence-electron chi connectivity index (χ4n) is 3.89. The van der Waals surface area contributed by atoms with Gasteiger partial charge < -0.3 is 5.73 Å². The lowest BCUT2D eigenvalue weighted by molar-refractivity contribution is 0.630. The van der Waals surface area contributed by atoms with Gasteiger partial charge in [-0.25, -0.2) is 9.37 Å². The topological polar surface area (TPSA) is 38.9 Å². The first-order valence-corrected chi connectivity index (χ1v) is 9.82. The molecule has 1 heterocycles. The molecule has 1 aromatic heterocycles. The molecule has 0 aliphatic heterocycles. The number of nitrogens with two attached hydrogens (primary N) is 1. The van der Waals surface area contributed by atoms with Gasteiger partial charge in [0.05, 0.1) is 11.4 Å². The van der Waals surface area contributed by atoms with Crippen LogP contribution in [0.1, 0.15) is 0 Å². The fourth-order valence-corrected chi connectivity index (χ4v) is 3.89. The Kier molecular flexibility index (Phi) is 4.49. The summed E-state index contributed by atoms with van der Waals surface area (Å²) in [5.74, 6) is -0.408. The number of rotatable bonds is 3. The third-order valence-corrected chi connectivity index (χ3v) is 5.33. The minimum absolute atomic E-state index is 0.304. The highest BCUT2D eigenvalue weighted by Crippen LogP contribution is 2.41. The Balaban J connectivity index is 1.88. The zero-order valence-corrected chi connectivity index (χ0v) is 16.2. The lowest BCUT2D eigenvalue weighted by atomic mass is 9.95. The Bertz CT molecular complexity index is 1340. The van der Waals surface area contributed by atoms with Crippen LogP contribution in [0.15, 0.2) is 103 Å². The van der Waals surface area contributed by atoms with Gasteiger partial charge in [-0.15, -0.1) is 0 Å². The molecule has 0 atom stereocenters. The van der Waals surface area contributed by atoms with Crippen LogP contribution in [0, 0.1) is 5.82 Å². The number of fused-ring (bicyclic) bond motifs is 1. The molecule has 0 saturated heterocycles.